The van der Waals surface area contributed by atoms with Crippen molar-refractivity contribution in [3.05, 3.63) is 94.1 Å². The number of ether oxygens (including phenoxy) is 1. The van der Waals surface area contributed by atoms with Gasteiger partial charge in [-0.1, -0.05) is 36.4 Å². The van der Waals surface area contributed by atoms with E-state index in [1.807, 2.05) is 24.3 Å². The van der Waals surface area contributed by atoms with E-state index in [0.717, 1.165) is 4.47 Å². The van der Waals surface area contributed by atoms with Crippen molar-refractivity contribution in [2.24, 2.45) is 0 Å². The van der Waals surface area contributed by atoms with Crippen molar-refractivity contribution < 1.29 is 24.5 Å². The van der Waals surface area contributed by atoms with Crippen LogP contribution in [0, 0.1) is 0 Å². The second-order valence-corrected chi connectivity index (χ2v) is 6.79. The van der Waals surface area contributed by atoms with Gasteiger partial charge in [-0.2, -0.15) is 0 Å². The zero-order chi connectivity index (χ0) is 20.8. The maximum Gasteiger partial charge on any atom is 0.352 e. The summed E-state index contributed by atoms with van der Waals surface area (Å²) in [6, 6.07) is 20.0. The molecular weight excluding hydrogens is 438 g/mol. The number of carbonyl (C=O) groups excluding carboxylic acids is 1. The number of carboxylic acid groups (broad SMARTS) is 1. The molecule has 7 heteroatoms. The van der Waals surface area contributed by atoms with Crippen LogP contribution in [0.25, 0.3) is 6.08 Å². The Kier molecular flexibility index (Phi) is 6.31. The summed E-state index contributed by atoms with van der Waals surface area (Å²) in [5.41, 5.74) is 0.217. The number of phenols is 1. The molecule has 3 N–H and O–H groups in total. The van der Waals surface area contributed by atoms with Crippen LogP contribution in [-0.4, -0.2) is 22.1 Å². The molecule has 0 atom stereocenters. The molecule has 0 saturated heterocycles. The molecule has 0 aliphatic rings. The summed E-state index contributed by atoms with van der Waals surface area (Å²) in [4.78, 5) is 23.8. The van der Waals surface area contributed by atoms with Crippen LogP contribution in [0.5, 0.6) is 17.2 Å². The number of hydrogen-bond acceptors (Lipinski definition) is 4. The van der Waals surface area contributed by atoms with Crippen LogP contribution >= 0.6 is 15.9 Å². The number of carboxylic acids is 1. The van der Waals surface area contributed by atoms with Gasteiger partial charge in [-0.15, -0.1) is 0 Å². The molecular formula is C22H16BrNO5. The van der Waals surface area contributed by atoms with E-state index in [1.165, 1.54) is 18.2 Å². The van der Waals surface area contributed by atoms with Gasteiger partial charge in [0.1, 0.15) is 22.9 Å². The number of rotatable bonds is 6. The van der Waals surface area contributed by atoms with Crippen LogP contribution in [0.4, 0.5) is 0 Å². The number of aliphatic carboxylic acids is 1. The molecule has 3 rings (SSSR count). The molecule has 0 bridgehead atoms. The van der Waals surface area contributed by atoms with Gasteiger partial charge < -0.3 is 20.3 Å². The third-order valence-electron chi connectivity index (χ3n) is 3.88. The van der Waals surface area contributed by atoms with Gasteiger partial charge in [0.2, 0.25) is 0 Å². The molecule has 29 heavy (non-hydrogen) atoms. The summed E-state index contributed by atoms with van der Waals surface area (Å²) in [5, 5.41) is 21.5. The molecule has 6 nitrogen and oxygen atoms in total. The average molecular weight is 454 g/mol. The molecule has 0 aliphatic carbocycles. The van der Waals surface area contributed by atoms with Crippen molar-refractivity contribution in [2.75, 3.05) is 0 Å². The van der Waals surface area contributed by atoms with Crippen molar-refractivity contribution in [3.63, 3.8) is 0 Å². The van der Waals surface area contributed by atoms with E-state index in [-0.39, 0.29) is 17.0 Å². The highest BCUT2D eigenvalue weighted by Gasteiger charge is 2.16. The summed E-state index contributed by atoms with van der Waals surface area (Å²) in [6.45, 7) is 0. The smallest absolute Gasteiger partial charge is 0.352 e. The summed E-state index contributed by atoms with van der Waals surface area (Å²) in [7, 11) is 0. The number of hydrogen-bond donors (Lipinski definition) is 3. The lowest BCUT2D eigenvalue weighted by atomic mass is 10.1. The van der Waals surface area contributed by atoms with Crippen molar-refractivity contribution in [3.8, 4) is 17.2 Å². The van der Waals surface area contributed by atoms with E-state index in [1.54, 1.807) is 36.4 Å². The molecule has 0 spiro atoms. The average Bonchev–Trinajstić information content (AvgIpc) is 2.70. The van der Waals surface area contributed by atoms with Gasteiger partial charge in [0.25, 0.3) is 5.91 Å². The lowest BCUT2D eigenvalue weighted by molar-refractivity contribution is -0.132. The lowest BCUT2D eigenvalue weighted by Gasteiger charge is -2.09. The first-order valence-electron chi connectivity index (χ1n) is 8.51. The number of aromatic hydroxyl groups is 1. The number of carbonyl (C=O) groups is 2. The fourth-order valence-corrected chi connectivity index (χ4v) is 2.83. The first-order valence-corrected chi connectivity index (χ1v) is 9.30. The molecule has 0 fully saturated rings. The van der Waals surface area contributed by atoms with E-state index in [4.69, 9.17) is 4.74 Å². The summed E-state index contributed by atoms with van der Waals surface area (Å²) < 4.78 is 6.58. The Morgan fingerprint density at radius 2 is 1.59 bits per heavy atom. The zero-order valence-corrected chi connectivity index (χ0v) is 16.6. The highest BCUT2D eigenvalue weighted by Crippen LogP contribution is 2.29. The van der Waals surface area contributed by atoms with Crippen LogP contribution in [0.1, 0.15) is 15.9 Å². The van der Waals surface area contributed by atoms with Gasteiger partial charge in [-0.3, -0.25) is 4.79 Å². The Morgan fingerprint density at radius 3 is 2.24 bits per heavy atom. The molecule has 0 aromatic heterocycles. The van der Waals surface area contributed by atoms with Gasteiger partial charge in [0.05, 0.1) is 10.0 Å². The largest absolute Gasteiger partial charge is 0.507 e. The third kappa shape index (κ3) is 5.24. The standard InChI is InChI=1S/C22H16BrNO5/c23-17-6-2-4-8-20(17)29-15-11-9-14(10-12-15)13-18(22(27)28)24-21(26)16-5-1-3-7-19(16)25/h1-13,25H,(H,24,26)(H,27,28)/b18-13+. The van der Waals surface area contributed by atoms with Gasteiger partial charge in [-0.25, -0.2) is 4.79 Å². The molecule has 0 saturated carbocycles. The normalized spacial score (nSPS) is 11.0. The first kappa shape index (κ1) is 20.2. The highest BCUT2D eigenvalue weighted by atomic mass is 79.9. The van der Waals surface area contributed by atoms with Crippen LogP contribution in [0.15, 0.2) is 83.0 Å². The van der Waals surface area contributed by atoms with Crippen molar-refractivity contribution in [1.29, 1.82) is 0 Å². The van der Waals surface area contributed by atoms with Crippen LogP contribution in [0.3, 0.4) is 0 Å². The number of benzene rings is 3. The van der Waals surface area contributed by atoms with Gasteiger partial charge in [0.15, 0.2) is 0 Å². The Balaban J connectivity index is 1.77. The molecule has 0 unspecified atom stereocenters. The Morgan fingerprint density at radius 1 is 0.931 bits per heavy atom. The van der Waals surface area contributed by atoms with Crippen LogP contribution < -0.4 is 10.1 Å². The van der Waals surface area contributed by atoms with Crippen molar-refractivity contribution in [1.82, 2.24) is 5.32 Å². The van der Waals surface area contributed by atoms with Gasteiger partial charge >= 0.3 is 5.97 Å². The number of phenolic OH excluding ortho intramolecular Hbond substituents is 1. The predicted molar refractivity (Wildman–Crippen MR) is 112 cm³/mol. The molecule has 0 radical (unpaired) electrons. The fourth-order valence-electron chi connectivity index (χ4n) is 2.46. The molecule has 3 aromatic rings. The van der Waals surface area contributed by atoms with Crippen molar-refractivity contribution in [2.45, 2.75) is 0 Å². The minimum atomic E-state index is -1.30. The number of halogens is 1. The molecule has 0 aliphatic heterocycles. The lowest BCUT2D eigenvalue weighted by Crippen LogP contribution is -2.27. The quantitative estimate of drug-likeness (QED) is 0.465. The van der Waals surface area contributed by atoms with E-state index in [9.17, 15) is 19.8 Å². The van der Waals surface area contributed by atoms with Crippen LogP contribution in [-0.2, 0) is 4.79 Å². The predicted octanol–water partition coefficient (Wildman–Crippen LogP) is 4.80. The number of para-hydroxylation sites is 2. The number of nitrogens with one attached hydrogen (secondary N) is 1. The Labute approximate surface area is 175 Å². The molecule has 0 heterocycles. The van der Waals surface area contributed by atoms with E-state index < -0.39 is 11.9 Å². The highest BCUT2D eigenvalue weighted by molar-refractivity contribution is 9.10. The Bertz CT molecular complexity index is 1080. The molecule has 3 aromatic carbocycles. The zero-order valence-electron chi connectivity index (χ0n) is 15.0. The minimum absolute atomic E-state index is 0.0168. The maximum absolute atomic E-state index is 12.3. The first-order chi connectivity index (χ1) is 13.9. The third-order valence-corrected chi connectivity index (χ3v) is 4.54. The van der Waals surface area contributed by atoms with Crippen molar-refractivity contribution >= 4 is 33.9 Å². The van der Waals surface area contributed by atoms with Gasteiger partial charge in [0, 0.05) is 0 Å². The van der Waals surface area contributed by atoms with E-state index in [0.29, 0.717) is 17.1 Å². The summed E-state index contributed by atoms with van der Waals surface area (Å²) in [5.74, 6) is -1.03. The SMILES string of the molecule is O=C(O)/C(=C\c1ccc(Oc2ccccc2Br)cc1)NC(=O)c1ccccc1O. The molecule has 1 amide bonds. The van der Waals surface area contributed by atoms with E-state index in [2.05, 4.69) is 21.2 Å². The summed E-state index contributed by atoms with van der Waals surface area (Å²) >= 11 is 3.41. The topological polar surface area (TPSA) is 95.9 Å². The Hall–Kier alpha value is -3.58. The second-order valence-electron chi connectivity index (χ2n) is 5.94. The fraction of sp³-hybridized carbons (Fsp3) is 0. The second kappa shape index (κ2) is 9.07. The summed E-state index contributed by atoms with van der Waals surface area (Å²) in [6.07, 6.45) is 1.32. The number of amides is 1. The maximum atomic E-state index is 12.3. The monoisotopic (exact) mass is 453 g/mol. The van der Waals surface area contributed by atoms with E-state index >= 15 is 0 Å². The molecule has 146 valence electrons. The minimum Gasteiger partial charge on any atom is -0.507 e. The van der Waals surface area contributed by atoms with Gasteiger partial charge in [-0.05, 0) is 64.0 Å². The van der Waals surface area contributed by atoms with Crippen LogP contribution in [0.2, 0.25) is 0 Å².